The van der Waals surface area contributed by atoms with E-state index in [1.165, 1.54) is 23.7 Å². The predicted octanol–water partition coefficient (Wildman–Crippen LogP) is 5.10. The third-order valence-electron chi connectivity index (χ3n) is 7.74. The molecule has 2 aromatic rings. The summed E-state index contributed by atoms with van der Waals surface area (Å²) in [5.74, 6) is -1.52. The molecule has 2 saturated heterocycles. The molecule has 0 unspecified atom stereocenters. The Morgan fingerprint density at radius 3 is 2.27 bits per heavy atom. The van der Waals surface area contributed by atoms with E-state index in [4.69, 9.17) is 32.7 Å². The van der Waals surface area contributed by atoms with E-state index in [1.807, 2.05) is 0 Å². The zero-order valence-corrected chi connectivity index (χ0v) is 27.6. The zero-order chi connectivity index (χ0) is 32.7. The van der Waals surface area contributed by atoms with Gasteiger partial charge in [-0.05, 0) is 77.7 Å². The van der Waals surface area contributed by atoms with Crippen LogP contribution in [-0.2, 0) is 25.5 Å². The number of piperidine rings is 1. The topological polar surface area (TPSA) is 130 Å². The van der Waals surface area contributed by atoms with Crippen molar-refractivity contribution in [3.8, 4) is 0 Å². The second kappa shape index (κ2) is 15.2. The minimum atomic E-state index is -0.998. The number of anilines is 1. The molecule has 2 aliphatic rings. The van der Waals surface area contributed by atoms with E-state index in [2.05, 4.69) is 20.5 Å². The van der Waals surface area contributed by atoms with Gasteiger partial charge in [0.2, 0.25) is 5.91 Å². The number of carbonyl (C=O) groups excluding carboxylic acids is 4. The molecular weight excluding hydrogens is 621 g/mol. The number of halogens is 2. The molecule has 3 atom stereocenters. The van der Waals surface area contributed by atoms with Crippen molar-refractivity contribution >= 4 is 52.8 Å². The number of aromatic nitrogens is 1. The van der Waals surface area contributed by atoms with E-state index in [-0.39, 0.29) is 34.7 Å². The average Bonchev–Trinajstić information content (AvgIpc) is 3.44. The number of ether oxygens (including phenoxy) is 2. The van der Waals surface area contributed by atoms with Crippen molar-refractivity contribution in [2.24, 2.45) is 0 Å². The monoisotopic (exact) mass is 661 g/mol. The van der Waals surface area contributed by atoms with Crippen LogP contribution in [0.25, 0.3) is 0 Å². The fraction of sp³-hybridized carbons (Fsp3) is 0.531. The lowest BCUT2D eigenvalue weighted by Crippen LogP contribution is -2.52. The van der Waals surface area contributed by atoms with E-state index in [0.717, 1.165) is 25.9 Å². The van der Waals surface area contributed by atoms with Crippen molar-refractivity contribution in [2.45, 2.75) is 83.5 Å². The highest BCUT2D eigenvalue weighted by molar-refractivity contribution is 6.40. The summed E-state index contributed by atoms with van der Waals surface area (Å²) in [6.07, 6.45) is 6.03. The van der Waals surface area contributed by atoms with Gasteiger partial charge in [-0.2, -0.15) is 0 Å². The number of carbonyl (C=O) groups is 4. The lowest BCUT2D eigenvalue weighted by molar-refractivity contribution is -0.147. The summed E-state index contributed by atoms with van der Waals surface area (Å²) in [5.41, 5.74) is 0.578. The summed E-state index contributed by atoms with van der Waals surface area (Å²) < 4.78 is 10.9. The molecule has 2 fully saturated rings. The molecule has 4 rings (SSSR count). The Balaban J connectivity index is 1.47. The van der Waals surface area contributed by atoms with Gasteiger partial charge in [0.05, 0.1) is 22.2 Å². The highest BCUT2D eigenvalue weighted by Crippen LogP contribution is 2.28. The van der Waals surface area contributed by atoms with Gasteiger partial charge in [-0.25, -0.2) is 9.59 Å². The normalized spacial score (nSPS) is 19.5. The van der Waals surface area contributed by atoms with Gasteiger partial charge in [-0.1, -0.05) is 41.8 Å². The fourth-order valence-corrected chi connectivity index (χ4v) is 6.15. The molecule has 11 nitrogen and oxygen atoms in total. The molecule has 3 heterocycles. The summed E-state index contributed by atoms with van der Waals surface area (Å²) in [5, 5.41) is 5.85. The average molecular weight is 663 g/mol. The number of pyridine rings is 1. The number of hydrogen-bond acceptors (Lipinski definition) is 8. The van der Waals surface area contributed by atoms with Gasteiger partial charge < -0.3 is 20.1 Å². The van der Waals surface area contributed by atoms with E-state index in [9.17, 15) is 19.2 Å². The van der Waals surface area contributed by atoms with Crippen LogP contribution in [0, 0.1) is 0 Å². The number of nitrogens with one attached hydrogen (secondary N) is 2. The van der Waals surface area contributed by atoms with Gasteiger partial charge in [0, 0.05) is 37.1 Å². The lowest BCUT2D eigenvalue weighted by Gasteiger charge is -2.32. The van der Waals surface area contributed by atoms with Gasteiger partial charge in [0.1, 0.15) is 17.7 Å². The zero-order valence-electron chi connectivity index (χ0n) is 26.1. The number of rotatable bonds is 9. The van der Waals surface area contributed by atoms with Gasteiger partial charge in [-0.3, -0.25) is 24.4 Å². The van der Waals surface area contributed by atoms with E-state index in [1.54, 1.807) is 52.0 Å². The smallest absolute Gasteiger partial charge is 0.411 e. The molecule has 1 aromatic heterocycles. The van der Waals surface area contributed by atoms with Crippen LogP contribution in [0.1, 0.15) is 69.3 Å². The van der Waals surface area contributed by atoms with Crippen molar-refractivity contribution in [3.05, 3.63) is 57.8 Å². The molecule has 0 saturated carbocycles. The molecule has 2 aliphatic heterocycles. The van der Waals surface area contributed by atoms with Crippen molar-refractivity contribution in [1.29, 1.82) is 0 Å². The van der Waals surface area contributed by atoms with Gasteiger partial charge in [0.15, 0.2) is 0 Å². The molecule has 45 heavy (non-hydrogen) atoms. The fourth-order valence-electron chi connectivity index (χ4n) is 5.62. The summed E-state index contributed by atoms with van der Waals surface area (Å²) in [7, 11) is 0. The van der Waals surface area contributed by atoms with Crippen LogP contribution in [-0.4, -0.2) is 88.6 Å². The second-order valence-electron chi connectivity index (χ2n) is 12.3. The van der Waals surface area contributed by atoms with Gasteiger partial charge >= 0.3 is 12.1 Å². The number of benzene rings is 1. The van der Waals surface area contributed by atoms with E-state index >= 15 is 0 Å². The summed E-state index contributed by atoms with van der Waals surface area (Å²) in [6, 6.07) is 5.04. The molecule has 2 N–H and O–H groups in total. The maximum Gasteiger partial charge on any atom is 0.411 e. The highest BCUT2D eigenvalue weighted by Gasteiger charge is 2.44. The second-order valence-corrected chi connectivity index (χ2v) is 13.1. The third-order valence-corrected chi connectivity index (χ3v) is 8.31. The lowest BCUT2D eigenvalue weighted by atomic mass is 10.0. The first-order valence-corrected chi connectivity index (χ1v) is 16.0. The molecule has 244 valence electrons. The van der Waals surface area contributed by atoms with Crippen molar-refractivity contribution in [1.82, 2.24) is 20.1 Å². The van der Waals surface area contributed by atoms with Crippen LogP contribution in [0.4, 0.5) is 10.5 Å². The highest BCUT2D eigenvalue weighted by atomic mass is 35.5. The summed E-state index contributed by atoms with van der Waals surface area (Å²) >= 11 is 12.2. The Labute approximate surface area is 273 Å². The maximum atomic E-state index is 13.8. The molecule has 13 heteroatoms. The molecule has 1 aromatic carbocycles. The summed E-state index contributed by atoms with van der Waals surface area (Å²) in [4.78, 5) is 60.4. The van der Waals surface area contributed by atoms with Crippen LogP contribution in [0.2, 0.25) is 10.0 Å². The first-order valence-electron chi connectivity index (χ1n) is 15.3. The van der Waals surface area contributed by atoms with Crippen molar-refractivity contribution < 1.29 is 28.7 Å². The molecule has 0 bridgehead atoms. The molecule has 0 aliphatic carbocycles. The minimum absolute atomic E-state index is 0.0225. The Morgan fingerprint density at radius 2 is 1.67 bits per heavy atom. The number of hydrogen-bond donors (Lipinski definition) is 2. The molecule has 3 amide bonds. The minimum Gasteiger partial charge on any atom is -0.464 e. The molecular formula is C32H41Cl2N5O6. The predicted molar refractivity (Wildman–Crippen MR) is 171 cm³/mol. The van der Waals surface area contributed by atoms with Crippen LogP contribution < -0.4 is 10.6 Å². The SMILES string of the molecule is CCOC(=O)[C@H](Cc1ccc(NC(=O)c2c(Cl)cncc2Cl)cc1)NC(=O)[C@@H]1C[C@@H](N2CCCCC2)CN1C(=O)OC(C)(C)C. The van der Waals surface area contributed by atoms with E-state index < -0.39 is 41.6 Å². The van der Waals surface area contributed by atoms with E-state index in [0.29, 0.717) is 24.2 Å². The van der Waals surface area contributed by atoms with Crippen LogP contribution >= 0.6 is 23.2 Å². The molecule has 0 spiro atoms. The summed E-state index contributed by atoms with van der Waals surface area (Å²) in [6.45, 7) is 9.41. The maximum absolute atomic E-state index is 13.8. The van der Waals surface area contributed by atoms with Gasteiger partial charge in [-0.15, -0.1) is 0 Å². The van der Waals surface area contributed by atoms with Crippen LogP contribution in [0.5, 0.6) is 0 Å². The Kier molecular flexibility index (Phi) is 11.7. The van der Waals surface area contributed by atoms with Crippen molar-refractivity contribution in [2.75, 3.05) is 31.6 Å². The Morgan fingerprint density at radius 1 is 1.02 bits per heavy atom. The Bertz CT molecular complexity index is 1360. The Hall–Kier alpha value is -3.41. The number of esters is 1. The standard InChI is InChI=1S/C32H41Cl2N5O6/c1-5-44-30(42)25(15-20-9-11-21(12-10-20)36-29(41)27-23(33)17-35-18-24(27)34)37-28(40)26-16-22(38-13-7-6-8-14-38)19-39(26)31(43)45-32(2,3)4/h9-12,17-18,22,25-26H,5-8,13-16,19H2,1-4H3,(H,36,41)(H,37,40)/t22-,25+,26+/m1/s1. The van der Waals surface area contributed by atoms with Gasteiger partial charge in [0.25, 0.3) is 5.91 Å². The number of nitrogens with zero attached hydrogens (tertiary/aromatic N) is 3. The largest absolute Gasteiger partial charge is 0.464 e. The molecule has 0 radical (unpaired) electrons. The number of likely N-dealkylation sites (tertiary alicyclic amines) is 2. The van der Waals surface area contributed by atoms with Crippen molar-refractivity contribution in [3.63, 3.8) is 0 Å². The first kappa shape index (κ1) is 34.5. The third kappa shape index (κ3) is 9.31. The number of amides is 3. The first-order chi connectivity index (χ1) is 21.4. The van der Waals surface area contributed by atoms with Crippen LogP contribution in [0.3, 0.4) is 0 Å². The quantitative estimate of drug-likeness (QED) is 0.355. The van der Waals surface area contributed by atoms with Crippen LogP contribution in [0.15, 0.2) is 36.7 Å².